The fourth-order valence-corrected chi connectivity index (χ4v) is 4.55. The predicted octanol–water partition coefficient (Wildman–Crippen LogP) is 3.31. The lowest BCUT2D eigenvalue weighted by Gasteiger charge is -2.16. The zero-order chi connectivity index (χ0) is 25.2. The summed E-state index contributed by atoms with van der Waals surface area (Å²) in [5.41, 5.74) is 5.38. The van der Waals surface area contributed by atoms with Gasteiger partial charge in [0.25, 0.3) is 11.8 Å². The first-order chi connectivity index (χ1) is 17.4. The number of nitrogens with one attached hydrogen (secondary N) is 2. The van der Waals surface area contributed by atoms with Gasteiger partial charge >= 0.3 is 0 Å². The number of aromatic nitrogens is 2. The Hall–Kier alpha value is -4.17. The summed E-state index contributed by atoms with van der Waals surface area (Å²) >= 11 is 0. The van der Waals surface area contributed by atoms with E-state index in [2.05, 4.69) is 15.5 Å². The number of rotatable bonds is 7. The number of aromatic amines is 1. The summed E-state index contributed by atoms with van der Waals surface area (Å²) in [7, 11) is 3.92. The van der Waals surface area contributed by atoms with Crippen molar-refractivity contribution in [3.63, 3.8) is 0 Å². The molecule has 8 nitrogen and oxygen atoms in total. The number of likely N-dealkylation sites (N-methyl/N-ethyl adjacent to an activating group) is 1. The minimum Gasteiger partial charge on any atom is -0.507 e. The van der Waals surface area contributed by atoms with Crippen molar-refractivity contribution in [2.75, 3.05) is 27.2 Å². The highest BCUT2D eigenvalue weighted by molar-refractivity contribution is 6.01. The van der Waals surface area contributed by atoms with Gasteiger partial charge < -0.3 is 20.2 Å². The van der Waals surface area contributed by atoms with Crippen molar-refractivity contribution in [3.8, 4) is 5.75 Å². The van der Waals surface area contributed by atoms with Gasteiger partial charge in [0.05, 0.1) is 16.8 Å². The van der Waals surface area contributed by atoms with Crippen molar-refractivity contribution in [3.05, 3.63) is 94.2 Å². The number of nitrogens with zero attached hydrogens (tertiary/aromatic N) is 3. The number of H-pyrrole nitrogens is 1. The molecular weight excluding hydrogens is 454 g/mol. The van der Waals surface area contributed by atoms with E-state index < -0.39 is 0 Å². The largest absolute Gasteiger partial charge is 0.507 e. The Balaban J connectivity index is 1.34. The molecule has 0 atom stereocenters. The minimum absolute atomic E-state index is 0.0840. The van der Waals surface area contributed by atoms with Gasteiger partial charge in [-0.15, -0.1) is 0 Å². The maximum Gasteiger partial charge on any atom is 0.258 e. The molecule has 0 bridgehead atoms. The SMILES string of the molecule is CN(C)CCNC(=O)c1ccc2c(c1)CN(C(=O)c1cc3c(Cc4ccccc4)n[nH]c3cc1O)C2. The van der Waals surface area contributed by atoms with Crippen molar-refractivity contribution in [2.45, 2.75) is 19.5 Å². The monoisotopic (exact) mass is 483 g/mol. The zero-order valence-electron chi connectivity index (χ0n) is 20.4. The third kappa shape index (κ3) is 4.81. The lowest BCUT2D eigenvalue weighted by atomic mass is 10.0. The number of phenolic OH excluding ortho intramolecular Hbond substituents is 1. The summed E-state index contributed by atoms with van der Waals surface area (Å²) in [6, 6.07) is 18.8. The zero-order valence-corrected chi connectivity index (χ0v) is 20.4. The summed E-state index contributed by atoms with van der Waals surface area (Å²) in [6.07, 6.45) is 0.619. The molecule has 0 radical (unpaired) electrons. The molecule has 0 saturated carbocycles. The highest BCUT2D eigenvalue weighted by atomic mass is 16.3. The lowest BCUT2D eigenvalue weighted by molar-refractivity contribution is 0.0748. The summed E-state index contributed by atoms with van der Waals surface area (Å²) in [4.78, 5) is 29.7. The van der Waals surface area contributed by atoms with E-state index in [4.69, 9.17) is 0 Å². The first-order valence-corrected chi connectivity index (χ1v) is 12.0. The molecule has 36 heavy (non-hydrogen) atoms. The number of carbonyl (C=O) groups is 2. The van der Waals surface area contributed by atoms with Crippen LogP contribution in [-0.2, 0) is 19.5 Å². The molecule has 0 saturated heterocycles. The van der Waals surface area contributed by atoms with Gasteiger partial charge in [0.1, 0.15) is 5.75 Å². The Kier molecular flexibility index (Phi) is 6.43. The van der Waals surface area contributed by atoms with Crippen molar-refractivity contribution in [1.82, 2.24) is 25.3 Å². The van der Waals surface area contributed by atoms with Crippen LogP contribution in [0.2, 0.25) is 0 Å². The smallest absolute Gasteiger partial charge is 0.258 e. The Morgan fingerprint density at radius 1 is 1.06 bits per heavy atom. The molecule has 3 aromatic carbocycles. The van der Waals surface area contributed by atoms with Gasteiger partial charge in [0.2, 0.25) is 0 Å². The molecule has 1 aliphatic rings. The molecule has 4 aromatic rings. The number of benzene rings is 3. The van der Waals surface area contributed by atoms with Crippen LogP contribution in [0.3, 0.4) is 0 Å². The molecule has 0 unspecified atom stereocenters. The van der Waals surface area contributed by atoms with Crippen LogP contribution < -0.4 is 5.32 Å². The van der Waals surface area contributed by atoms with E-state index in [1.165, 1.54) is 0 Å². The van der Waals surface area contributed by atoms with Crippen LogP contribution in [0, 0.1) is 0 Å². The number of carbonyl (C=O) groups excluding carboxylic acids is 2. The molecule has 3 N–H and O–H groups in total. The molecule has 2 heterocycles. The maximum atomic E-state index is 13.4. The average Bonchev–Trinajstić information content (AvgIpc) is 3.46. The number of phenols is 1. The number of hydrogen-bond acceptors (Lipinski definition) is 5. The van der Waals surface area contributed by atoms with E-state index in [1.54, 1.807) is 23.1 Å². The maximum absolute atomic E-state index is 13.4. The van der Waals surface area contributed by atoms with Gasteiger partial charge in [-0.2, -0.15) is 5.10 Å². The molecule has 2 amide bonds. The van der Waals surface area contributed by atoms with Gasteiger partial charge in [-0.25, -0.2) is 0 Å². The van der Waals surface area contributed by atoms with Gasteiger partial charge in [-0.05, 0) is 49.0 Å². The molecule has 184 valence electrons. The standard InChI is InChI=1S/C28H29N5O3/c1-32(2)11-10-29-27(35)19-8-9-20-16-33(17-21(20)13-19)28(36)23-14-22-24(12-18-6-4-3-5-7-18)30-31-25(22)15-26(23)34/h3-9,13-15,34H,10-12,16-17H2,1-2H3,(H,29,35)(H,30,31). The van der Waals surface area contributed by atoms with Crippen LogP contribution in [0.1, 0.15) is 43.1 Å². The fourth-order valence-electron chi connectivity index (χ4n) is 4.55. The summed E-state index contributed by atoms with van der Waals surface area (Å²) in [5.74, 6) is -0.466. The first-order valence-electron chi connectivity index (χ1n) is 12.0. The normalized spacial score (nSPS) is 12.8. The molecule has 8 heteroatoms. The van der Waals surface area contributed by atoms with Crippen molar-refractivity contribution in [2.24, 2.45) is 0 Å². The number of amides is 2. The number of fused-ring (bicyclic) bond motifs is 2. The van der Waals surface area contributed by atoms with Crippen molar-refractivity contribution in [1.29, 1.82) is 0 Å². The molecule has 1 aliphatic heterocycles. The Morgan fingerprint density at radius 2 is 1.83 bits per heavy atom. The van der Waals surface area contributed by atoms with E-state index in [-0.39, 0.29) is 23.1 Å². The lowest BCUT2D eigenvalue weighted by Crippen LogP contribution is -2.31. The molecule has 0 fully saturated rings. The molecule has 0 spiro atoms. The molecule has 5 rings (SSSR count). The van der Waals surface area contributed by atoms with Gasteiger partial charge in [-0.3, -0.25) is 14.7 Å². The first kappa shape index (κ1) is 23.6. The van der Waals surface area contributed by atoms with Crippen LogP contribution in [-0.4, -0.2) is 64.1 Å². The second kappa shape index (κ2) is 9.83. The second-order valence-corrected chi connectivity index (χ2v) is 9.45. The molecule has 0 aliphatic carbocycles. The van der Waals surface area contributed by atoms with Gasteiger partial charge in [0.15, 0.2) is 0 Å². The quantitative estimate of drug-likeness (QED) is 0.374. The molecule has 1 aromatic heterocycles. The summed E-state index contributed by atoms with van der Waals surface area (Å²) in [6.45, 7) is 2.13. The Labute approximate surface area is 209 Å². The second-order valence-electron chi connectivity index (χ2n) is 9.45. The van der Waals surface area contributed by atoms with Crippen LogP contribution in [0.5, 0.6) is 5.75 Å². The van der Waals surface area contributed by atoms with Crippen molar-refractivity contribution >= 4 is 22.7 Å². The van der Waals surface area contributed by atoms with Crippen molar-refractivity contribution < 1.29 is 14.7 Å². The van der Waals surface area contributed by atoms with E-state index in [0.717, 1.165) is 34.3 Å². The summed E-state index contributed by atoms with van der Waals surface area (Å²) < 4.78 is 0. The van der Waals surface area contributed by atoms with Gasteiger partial charge in [0, 0.05) is 49.6 Å². The highest BCUT2D eigenvalue weighted by Gasteiger charge is 2.27. The van der Waals surface area contributed by atoms with E-state index in [9.17, 15) is 14.7 Å². The average molecular weight is 484 g/mol. The fraction of sp³-hybridized carbons (Fsp3) is 0.250. The Morgan fingerprint density at radius 3 is 2.61 bits per heavy atom. The number of hydrogen-bond donors (Lipinski definition) is 3. The third-order valence-electron chi connectivity index (χ3n) is 6.53. The number of aromatic hydroxyl groups is 1. The van der Waals surface area contributed by atoms with Crippen LogP contribution in [0.4, 0.5) is 0 Å². The minimum atomic E-state index is -0.255. The van der Waals surface area contributed by atoms with E-state index in [0.29, 0.717) is 37.1 Å². The summed E-state index contributed by atoms with van der Waals surface area (Å²) in [5, 5.41) is 21.8. The molecular formula is C28H29N5O3. The van der Waals surface area contributed by atoms with E-state index >= 15 is 0 Å². The predicted molar refractivity (Wildman–Crippen MR) is 138 cm³/mol. The topological polar surface area (TPSA) is 102 Å². The Bertz CT molecular complexity index is 1430. The van der Waals surface area contributed by atoms with Crippen LogP contribution in [0.15, 0.2) is 60.7 Å². The highest BCUT2D eigenvalue weighted by Crippen LogP contribution is 2.31. The van der Waals surface area contributed by atoms with Crippen LogP contribution in [0.25, 0.3) is 10.9 Å². The van der Waals surface area contributed by atoms with E-state index in [1.807, 2.05) is 61.5 Å². The van der Waals surface area contributed by atoms with Crippen LogP contribution >= 0.6 is 0 Å². The third-order valence-corrected chi connectivity index (χ3v) is 6.53. The van der Waals surface area contributed by atoms with Gasteiger partial charge in [-0.1, -0.05) is 36.4 Å².